The Labute approximate surface area is 108 Å². The molecule has 1 atom stereocenters. The molecule has 2 rings (SSSR count). The summed E-state index contributed by atoms with van der Waals surface area (Å²) >= 11 is 0. The number of ketones is 1. The molecule has 0 amide bonds. The highest BCUT2D eigenvalue weighted by molar-refractivity contribution is 5.77. The molecule has 3 N–H and O–H groups in total. The highest BCUT2D eigenvalue weighted by Crippen LogP contribution is 2.20. The Balaban J connectivity index is 1.89. The highest BCUT2D eigenvalue weighted by Gasteiger charge is 2.22. The van der Waals surface area contributed by atoms with Crippen molar-refractivity contribution in [2.24, 2.45) is 5.73 Å². The lowest BCUT2D eigenvalue weighted by Crippen LogP contribution is -2.35. The molecule has 1 fully saturated rings. The summed E-state index contributed by atoms with van der Waals surface area (Å²) in [6.45, 7) is 4.69. The van der Waals surface area contributed by atoms with Crippen molar-refractivity contribution in [3.05, 3.63) is 29.8 Å². The first-order valence-electron chi connectivity index (χ1n) is 6.46. The molecule has 4 nitrogen and oxygen atoms in total. The van der Waals surface area contributed by atoms with Gasteiger partial charge in [0.05, 0.1) is 6.54 Å². The van der Waals surface area contributed by atoms with Crippen LogP contribution >= 0.6 is 0 Å². The van der Waals surface area contributed by atoms with Crippen LogP contribution in [0.5, 0.6) is 0 Å². The predicted molar refractivity (Wildman–Crippen MR) is 73.6 cm³/mol. The van der Waals surface area contributed by atoms with Gasteiger partial charge in [-0.15, -0.1) is 0 Å². The van der Waals surface area contributed by atoms with Crippen molar-refractivity contribution in [2.45, 2.75) is 25.9 Å². The Hall–Kier alpha value is -1.39. The van der Waals surface area contributed by atoms with E-state index in [1.54, 1.807) is 6.92 Å². The molecule has 1 saturated heterocycles. The average molecular weight is 247 g/mol. The first-order valence-corrected chi connectivity index (χ1v) is 6.46. The number of carbonyl (C=O) groups excluding carboxylic acids is 1. The number of rotatable bonds is 5. The summed E-state index contributed by atoms with van der Waals surface area (Å²) in [4.78, 5) is 13.3. The summed E-state index contributed by atoms with van der Waals surface area (Å²) in [7, 11) is 0. The third-order valence-corrected chi connectivity index (χ3v) is 3.37. The van der Waals surface area contributed by atoms with Crippen molar-refractivity contribution in [1.29, 1.82) is 0 Å². The topological polar surface area (TPSA) is 58.4 Å². The Bertz CT molecular complexity index is 402. The average Bonchev–Trinajstić information content (AvgIpc) is 2.85. The van der Waals surface area contributed by atoms with Crippen molar-refractivity contribution in [3.8, 4) is 0 Å². The van der Waals surface area contributed by atoms with Crippen LogP contribution in [0.3, 0.4) is 0 Å². The minimum Gasteiger partial charge on any atom is -0.370 e. The van der Waals surface area contributed by atoms with Gasteiger partial charge in [0.1, 0.15) is 5.78 Å². The molecule has 18 heavy (non-hydrogen) atoms. The van der Waals surface area contributed by atoms with Crippen LogP contribution in [-0.2, 0) is 11.3 Å². The number of nitrogens with one attached hydrogen (secondary N) is 1. The zero-order valence-electron chi connectivity index (χ0n) is 10.9. The molecule has 1 aliphatic heterocycles. The molecule has 0 aliphatic carbocycles. The second kappa shape index (κ2) is 5.98. The van der Waals surface area contributed by atoms with E-state index in [9.17, 15) is 4.79 Å². The largest absolute Gasteiger partial charge is 0.370 e. The molecule has 0 spiro atoms. The van der Waals surface area contributed by atoms with Crippen molar-refractivity contribution in [3.63, 3.8) is 0 Å². The van der Waals surface area contributed by atoms with Crippen LogP contribution in [0.1, 0.15) is 18.9 Å². The van der Waals surface area contributed by atoms with E-state index in [1.165, 1.54) is 5.69 Å². The number of nitrogens with zero attached hydrogens (tertiary/aromatic N) is 1. The van der Waals surface area contributed by atoms with Crippen LogP contribution < -0.4 is 16.0 Å². The quantitative estimate of drug-likeness (QED) is 0.812. The summed E-state index contributed by atoms with van der Waals surface area (Å²) in [5.41, 5.74) is 7.98. The number of hydrogen-bond donors (Lipinski definition) is 2. The Morgan fingerprint density at radius 2 is 2.17 bits per heavy atom. The molecule has 1 unspecified atom stereocenters. The van der Waals surface area contributed by atoms with Gasteiger partial charge in [-0.25, -0.2) is 0 Å². The Kier molecular flexibility index (Phi) is 4.33. The van der Waals surface area contributed by atoms with Crippen molar-refractivity contribution in [2.75, 3.05) is 24.5 Å². The second-order valence-electron chi connectivity index (χ2n) is 4.89. The smallest absolute Gasteiger partial charge is 0.143 e. The molecule has 0 saturated carbocycles. The fourth-order valence-corrected chi connectivity index (χ4v) is 2.29. The summed E-state index contributed by atoms with van der Waals surface area (Å²) < 4.78 is 0. The van der Waals surface area contributed by atoms with Crippen LogP contribution in [0.15, 0.2) is 24.3 Å². The van der Waals surface area contributed by atoms with Crippen LogP contribution in [0.4, 0.5) is 5.69 Å². The normalized spacial score (nSPS) is 19.2. The molecule has 1 aliphatic rings. The third kappa shape index (κ3) is 3.31. The number of anilines is 1. The lowest BCUT2D eigenvalue weighted by Gasteiger charge is -2.19. The summed E-state index contributed by atoms with van der Waals surface area (Å²) in [6.07, 6.45) is 1.09. The molecule has 0 aromatic heterocycles. The number of carbonyl (C=O) groups is 1. The van der Waals surface area contributed by atoms with Gasteiger partial charge < -0.3 is 16.0 Å². The van der Waals surface area contributed by atoms with Gasteiger partial charge in [0.15, 0.2) is 0 Å². The third-order valence-electron chi connectivity index (χ3n) is 3.37. The minimum absolute atomic E-state index is 0.195. The highest BCUT2D eigenvalue weighted by atomic mass is 16.1. The van der Waals surface area contributed by atoms with Gasteiger partial charge in [0.2, 0.25) is 0 Å². The molecule has 1 heterocycles. The molecule has 1 aromatic rings. The predicted octanol–water partition coefficient (Wildman–Crippen LogP) is 0.903. The van der Waals surface area contributed by atoms with Crippen LogP contribution in [0, 0.1) is 0 Å². The van der Waals surface area contributed by atoms with E-state index >= 15 is 0 Å². The zero-order chi connectivity index (χ0) is 13.0. The first-order chi connectivity index (χ1) is 8.69. The summed E-state index contributed by atoms with van der Waals surface area (Å²) in [5, 5.41) is 3.29. The molecule has 0 bridgehead atoms. The number of hydrogen-bond acceptors (Lipinski definition) is 4. The maximum atomic E-state index is 10.9. The number of benzene rings is 1. The van der Waals surface area contributed by atoms with Gasteiger partial charge in [-0.1, -0.05) is 12.1 Å². The van der Waals surface area contributed by atoms with Crippen molar-refractivity contribution in [1.82, 2.24) is 5.32 Å². The molecular formula is C14H21N3O. The van der Waals surface area contributed by atoms with Crippen LogP contribution in [0.2, 0.25) is 0 Å². The van der Waals surface area contributed by atoms with Gasteiger partial charge in [-0.2, -0.15) is 0 Å². The lowest BCUT2D eigenvalue weighted by molar-refractivity contribution is -0.116. The van der Waals surface area contributed by atoms with Gasteiger partial charge in [-0.05, 0) is 31.0 Å². The van der Waals surface area contributed by atoms with Crippen LogP contribution in [0.25, 0.3) is 0 Å². The van der Waals surface area contributed by atoms with Crippen molar-refractivity contribution >= 4 is 11.5 Å². The number of Topliss-reactive ketones (excluding diaryl/α,β-unsaturated/α-hetero) is 1. The van der Waals surface area contributed by atoms with E-state index in [4.69, 9.17) is 5.73 Å². The monoisotopic (exact) mass is 247 g/mol. The molecule has 1 aromatic carbocycles. The maximum Gasteiger partial charge on any atom is 0.143 e. The van der Waals surface area contributed by atoms with Crippen molar-refractivity contribution < 1.29 is 4.79 Å². The van der Waals surface area contributed by atoms with E-state index < -0.39 is 0 Å². The Morgan fingerprint density at radius 1 is 1.44 bits per heavy atom. The Morgan fingerprint density at radius 3 is 2.78 bits per heavy atom. The van der Waals surface area contributed by atoms with Gasteiger partial charge in [0.25, 0.3) is 0 Å². The molecular weight excluding hydrogens is 226 g/mol. The number of nitrogens with two attached hydrogens (primary N) is 1. The second-order valence-corrected chi connectivity index (χ2v) is 4.89. The van der Waals surface area contributed by atoms with Gasteiger partial charge in [-0.3, -0.25) is 4.79 Å². The summed E-state index contributed by atoms with van der Waals surface area (Å²) in [5.74, 6) is 0.195. The molecule has 98 valence electrons. The fourth-order valence-electron chi connectivity index (χ4n) is 2.29. The zero-order valence-corrected chi connectivity index (χ0v) is 10.9. The summed E-state index contributed by atoms with van der Waals surface area (Å²) in [6, 6.07) is 8.81. The SMILES string of the molecule is CC(=O)CNC1CCN(c2ccc(CN)cc2)C1. The first kappa shape index (κ1) is 13.1. The lowest BCUT2D eigenvalue weighted by atomic mass is 10.2. The maximum absolute atomic E-state index is 10.9. The van der Waals surface area contributed by atoms with Gasteiger partial charge in [0, 0.05) is 31.4 Å². The molecule has 4 heteroatoms. The fraction of sp³-hybridized carbons (Fsp3) is 0.500. The van der Waals surface area contributed by atoms with E-state index in [-0.39, 0.29) is 5.78 Å². The van der Waals surface area contributed by atoms with E-state index in [2.05, 4.69) is 34.5 Å². The minimum atomic E-state index is 0.195. The van der Waals surface area contributed by atoms with E-state index in [0.717, 1.165) is 25.1 Å². The van der Waals surface area contributed by atoms with E-state index in [1.807, 2.05) is 0 Å². The van der Waals surface area contributed by atoms with Crippen LogP contribution in [-0.4, -0.2) is 31.5 Å². The standard InChI is InChI=1S/C14H21N3O/c1-11(18)9-16-13-6-7-17(10-13)14-4-2-12(8-15)3-5-14/h2-5,13,16H,6-10,15H2,1H3. The van der Waals surface area contributed by atoms with Gasteiger partial charge >= 0.3 is 0 Å². The molecule has 0 radical (unpaired) electrons. The van der Waals surface area contributed by atoms with E-state index in [0.29, 0.717) is 19.1 Å².